The van der Waals surface area contributed by atoms with E-state index in [9.17, 15) is 31.6 Å². The molecular weight excluding hydrogens is 460 g/mol. The van der Waals surface area contributed by atoms with Crippen molar-refractivity contribution in [1.29, 1.82) is 5.26 Å². The number of halogens is 6. The summed E-state index contributed by atoms with van der Waals surface area (Å²) in [7, 11) is 0. The maximum absolute atomic E-state index is 12.9. The molecule has 0 aliphatic carbocycles. The van der Waals surface area contributed by atoms with E-state index < -0.39 is 23.9 Å². The number of carbonyl (C=O) groups is 1. The number of carboxylic acid groups (broad SMARTS) is 1. The molecule has 0 aliphatic rings. The van der Waals surface area contributed by atoms with Gasteiger partial charge in [0.2, 0.25) is 0 Å². The van der Waals surface area contributed by atoms with Crippen LogP contribution in [0.25, 0.3) is 22.3 Å². The number of hydrogen-bond donors (Lipinski definition) is 4. The number of imidazole rings is 1. The molecule has 4 N–H and O–H groups in total. The molecule has 14 heteroatoms. The molecule has 176 valence electrons. The van der Waals surface area contributed by atoms with Crippen LogP contribution in [0.5, 0.6) is 0 Å². The largest absolute Gasteiger partial charge is 0.490 e. The average Bonchev–Trinajstić information content (AvgIpc) is 3.15. The Hall–Kier alpha value is -3.70. The average molecular weight is 475 g/mol. The Morgan fingerprint density at radius 3 is 2.36 bits per heavy atom. The van der Waals surface area contributed by atoms with Crippen molar-refractivity contribution in [2.45, 2.75) is 18.9 Å². The lowest BCUT2D eigenvalue weighted by atomic mass is 10.1. The summed E-state index contributed by atoms with van der Waals surface area (Å²) in [6.07, 6.45) is -9.54. The van der Waals surface area contributed by atoms with Gasteiger partial charge in [-0.1, -0.05) is 12.1 Å². The molecule has 0 aliphatic heterocycles. The molecule has 0 radical (unpaired) electrons. The molecule has 3 rings (SSSR count). The Balaban J connectivity index is 0.000000479. The first-order valence-electron chi connectivity index (χ1n) is 8.96. The van der Waals surface area contributed by atoms with Gasteiger partial charge in [-0.3, -0.25) is 0 Å². The molecule has 3 aromatic rings. The Morgan fingerprint density at radius 1 is 1.15 bits per heavy atom. The molecule has 2 heterocycles. The highest BCUT2D eigenvalue weighted by atomic mass is 19.4. The molecule has 0 spiro atoms. The van der Waals surface area contributed by atoms with Gasteiger partial charge in [-0.2, -0.15) is 31.6 Å². The SMILES string of the molecule is N#Cc1nc(-c2cccc(C(F)(F)F)c2)cc2[nH]c(CNCCO)nc12.O=C(O)C(F)(F)F. The number of aromatic amines is 1. The zero-order chi connectivity index (χ0) is 24.8. The number of rotatable bonds is 5. The molecule has 0 atom stereocenters. The normalized spacial score (nSPS) is 11.6. The molecular formula is C19H15F6N5O3. The summed E-state index contributed by atoms with van der Waals surface area (Å²) in [5, 5.41) is 28.2. The fraction of sp³-hybridized carbons (Fsp3) is 0.263. The third-order valence-electron chi connectivity index (χ3n) is 3.93. The van der Waals surface area contributed by atoms with Gasteiger partial charge >= 0.3 is 18.3 Å². The molecule has 0 unspecified atom stereocenters. The van der Waals surface area contributed by atoms with Crippen molar-refractivity contribution in [1.82, 2.24) is 20.3 Å². The number of nitriles is 1. The van der Waals surface area contributed by atoms with E-state index in [1.54, 1.807) is 6.07 Å². The predicted octanol–water partition coefficient (Wildman–Crippen LogP) is 3.23. The van der Waals surface area contributed by atoms with E-state index in [0.717, 1.165) is 12.1 Å². The lowest BCUT2D eigenvalue weighted by Crippen LogP contribution is -2.21. The first kappa shape index (κ1) is 25.6. The molecule has 0 amide bonds. The summed E-state index contributed by atoms with van der Waals surface area (Å²) in [4.78, 5) is 20.3. The molecule has 8 nitrogen and oxygen atoms in total. The highest BCUT2D eigenvalue weighted by Crippen LogP contribution is 2.32. The molecule has 33 heavy (non-hydrogen) atoms. The van der Waals surface area contributed by atoms with E-state index in [1.165, 1.54) is 12.1 Å². The van der Waals surface area contributed by atoms with E-state index in [1.807, 2.05) is 6.07 Å². The summed E-state index contributed by atoms with van der Waals surface area (Å²) < 4.78 is 70.5. The number of aliphatic hydroxyl groups is 1. The Bertz CT molecular complexity index is 1170. The standard InChI is InChI=1S/C17H14F3N5O.C2HF3O2/c18-17(19,20)11-3-1-2-10(6-11)12-7-13-16(14(8-21)23-12)25-15(24-13)9-22-4-5-26;3-2(4,5)1(6)7/h1-3,6-7,22,26H,4-5,9H2,(H,24,25);(H,6,7). The van der Waals surface area contributed by atoms with Gasteiger partial charge in [0.25, 0.3) is 0 Å². The van der Waals surface area contributed by atoms with Crippen LogP contribution in [0.1, 0.15) is 17.1 Å². The van der Waals surface area contributed by atoms with Gasteiger partial charge < -0.3 is 20.5 Å². The van der Waals surface area contributed by atoms with Crippen molar-refractivity contribution >= 4 is 17.0 Å². The van der Waals surface area contributed by atoms with Crippen LogP contribution in [0.4, 0.5) is 26.3 Å². The van der Waals surface area contributed by atoms with E-state index in [0.29, 0.717) is 29.9 Å². The molecule has 0 saturated carbocycles. The fourth-order valence-corrected chi connectivity index (χ4v) is 2.52. The monoisotopic (exact) mass is 475 g/mol. The highest BCUT2D eigenvalue weighted by molar-refractivity contribution is 5.84. The van der Waals surface area contributed by atoms with Gasteiger partial charge in [0.1, 0.15) is 17.4 Å². The van der Waals surface area contributed by atoms with Crippen molar-refractivity contribution in [2.24, 2.45) is 0 Å². The number of nitrogens with zero attached hydrogens (tertiary/aromatic N) is 3. The van der Waals surface area contributed by atoms with Crippen LogP contribution >= 0.6 is 0 Å². The van der Waals surface area contributed by atoms with Crippen molar-refractivity contribution in [3.05, 3.63) is 47.4 Å². The smallest absolute Gasteiger partial charge is 0.475 e. The second kappa shape index (κ2) is 10.3. The van der Waals surface area contributed by atoms with Crippen molar-refractivity contribution in [3.8, 4) is 17.3 Å². The number of fused-ring (bicyclic) bond motifs is 1. The van der Waals surface area contributed by atoms with Gasteiger partial charge in [-0.25, -0.2) is 14.8 Å². The molecule has 1 aromatic carbocycles. The Morgan fingerprint density at radius 2 is 1.82 bits per heavy atom. The van der Waals surface area contributed by atoms with E-state index >= 15 is 0 Å². The topological polar surface area (TPSA) is 135 Å². The van der Waals surface area contributed by atoms with Crippen LogP contribution in [0.3, 0.4) is 0 Å². The van der Waals surface area contributed by atoms with E-state index in [4.69, 9.17) is 15.0 Å². The van der Waals surface area contributed by atoms with Crippen LogP contribution in [-0.4, -0.2) is 50.5 Å². The number of aromatic nitrogens is 3. The summed E-state index contributed by atoms with van der Waals surface area (Å²) in [5.41, 5.74) is 0.605. The lowest BCUT2D eigenvalue weighted by molar-refractivity contribution is -0.192. The minimum absolute atomic E-state index is 0.0229. The second-order valence-corrected chi connectivity index (χ2v) is 6.33. The maximum Gasteiger partial charge on any atom is 0.490 e. The Labute approximate surface area is 181 Å². The number of pyridine rings is 1. The third kappa shape index (κ3) is 6.89. The van der Waals surface area contributed by atoms with Crippen molar-refractivity contribution < 1.29 is 41.4 Å². The zero-order valence-electron chi connectivity index (χ0n) is 16.4. The van der Waals surface area contributed by atoms with Crippen LogP contribution < -0.4 is 5.32 Å². The number of aliphatic hydroxyl groups excluding tert-OH is 1. The van der Waals surface area contributed by atoms with Gasteiger partial charge in [0.15, 0.2) is 5.69 Å². The van der Waals surface area contributed by atoms with Crippen LogP contribution in [0.2, 0.25) is 0 Å². The third-order valence-corrected chi connectivity index (χ3v) is 3.93. The van der Waals surface area contributed by atoms with Crippen LogP contribution in [0.15, 0.2) is 30.3 Å². The van der Waals surface area contributed by atoms with Gasteiger partial charge in [-0.05, 0) is 18.2 Å². The van der Waals surface area contributed by atoms with Crippen molar-refractivity contribution in [2.75, 3.05) is 13.2 Å². The number of aliphatic carboxylic acids is 1. The number of benzene rings is 1. The van der Waals surface area contributed by atoms with Crippen molar-refractivity contribution in [3.63, 3.8) is 0 Å². The van der Waals surface area contributed by atoms with E-state index in [-0.39, 0.29) is 23.6 Å². The summed E-state index contributed by atoms with van der Waals surface area (Å²) >= 11 is 0. The van der Waals surface area contributed by atoms with Gasteiger partial charge in [0, 0.05) is 12.1 Å². The number of hydrogen-bond acceptors (Lipinski definition) is 6. The summed E-state index contributed by atoms with van der Waals surface area (Å²) in [6.45, 7) is 0.708. The van der Waals surface area contributed by atoms with E-state index in [2.05, 4.69) is 20.3 Å². The highest BCUT2D eigenvalue weighted by Gasteiger charge is 2.38. The van der Waals surface area contributed by atoms with Gasteiger partial charge in [-0.15, -0.1) is 0 Å². The summed E-state index contributed by atoms with van der Waals surface area (Å²) in [6, 6.07) is 8.27. The van der Waals surface area contributed by atoms with Crippen LogP contribution in [0, 0.1) is 11.3 Å². The molecule has 0 saturated heterocycles. The summed E-state index contributed by atoms with van der Waals surface area (Å²) in [5.74, 6) is -2.22. The predicted molar refractivity (Wildman–Crippen MR) is 102 cm³/mol. The quantitative estimate of drug-likeness (QED) is 0.329. The number of carboxylic acids is 1. The molecule has 0 bridgehead atoms. The first-order chi connectivity index (χ1) is 15.4. The molecule has 0 fully saturated rings. The van der Waals surface area contributed by atoms with Crippen LogP contribution in [-0.2, 0) is 17.5 Å². The zero-order valence-corrected chi connectivity index (χ0v) is 16.4. The lowest BCUT2D eigenvalue weighted by Gasteiger charge is -2.08. The fourth-order valence-electron chi connectivity index (χ4n) is 2.52. The number of H-pyrrole nitrogens is 1. The minimum Gasteiger partial charge on any atom is -0.475 e. The first-order valence-corrected chi connectivity index (χ1v) is 8.96. The second-order valence-electron chi connectivity index (χ2n) is 6.33. The molecule has 2 aromatic heterocycles. The number of alkyl halides is 6. The van der Waals surface area contributed by atoms with Gasteiger partial charge in [0.05, 0.1) is 29.9 Å². The number of nitrogens with one attached hydrogen (secondary N) is 2. The maximum atomic E-state index is 12.9. The Kier molecular flexibility index (Phi) is 7.96. The minimum atomic E-state index is -5.08.